The molecule has 0 aromatic carbocycles. The van der Waals surface area contributed by atoms with Gasteiger partial charge in [-0.25, -0.2) is 0 Å². The summed E-state index contributed by atoms with van der Waals surface area (Å²) in [6.45, 7) is 7.23. The topological polar surface area (TPSA) is 49.3 Å². The van der Waals surface area contributed by atoms with Crippen molar-refractivity contribution in [2.45, 2.75) is 39.7 Å². The monoisotopic (exact) mass is 221 g/mol. The summed E-state index contributed by atoms with van der Waals surface area (Å²) in [5.41, 5.74) is -1.13. The van der Waals surface area contributed by atoms with Gasteiger partial charge in [0, 0.05) is 5.88 Å². The van der Waals surface area contributed by atoms with Crippen LogP contribution in [-0.4, -0.2) is 29.0 Å². The largest absolute Gasteiger partial charge is 0.394 e. The molecule has 3 nitrogen and oxygen atoms in total. The predicted octanol–water partition coefficient (Wildman–Crippen LogP) is 1.53. The summed E-state index contributed by atoms with van der Waals surface area (Å²) >= 11 is 5.68. The second-order valence-electron chi connectivity index (χ2n) is 4.54. The van der Waals surface area contributed by atoms with Crippen LogP contribution in [0.15, 0.2) is 0 Å². The number of hydrogen-bond donors (Lipinski definition) is 2. The molecule has 0 radical (unpaired) electrons. The van der Waals surface area contributed by atoms with Crippen LogP contribution in [0.25, 0.3) is 0 Å². The molecule has 84 valence electrons. The second kappa shape index (κ2) is 4.99. The Kier molecular flexibility index (Phi) is 4.89. The van der Waals surface area contributed by atoms with Gasteiger partial charge in [0.1, 0.15) is 0 Å². The highest BCUT2D eigenvalue weighted by atomic mass is 35.5. The average Bonchev–Trinajstić information content (AvgIpc) is 2.17. The number of carbonyl (C=O) groups is 1. The molecule has 0 aromatic heterocycles. The molecule has 1 unspecified atom stereocenters. The molecule has 14 heavy (non-hydrogen) atoms. The molecule has 0 heterocycles. The molecular weight excluding hydrogens is 202 g/mol. The highest BCUT2D eigenvalue weighted by molar-refractivity contribution is 6.19. The molecule has 0 rings (SSSR count). The molecule has 0 bridgehead atoms. The molecule has 2 N–H and O–H groups in total. The van der Waals surface area contributed by atoms with Crippen molar-refractivity contribution in [1.29, 1.82) is 0 Å². The van der Waals surface area contributed by atoms with Crippen LogP contribution >= 0.6 is 11.6 Å². The number of alkyl halides is 1. The van der Waals surface area contributed by atoms with Crippen LogP contribution in [0.4, 0.5) is 0 Å². The van der Waals surface area contributed by atoms with Gasteiger partial charge in [0.05, 0.1) is 17.6 Å². The van der Waals surface area contributed by atoms with E-state index >= 15 is 0 Å². The third kappa shape index (κ3) is 3.46. The van der Waals surface area contributed by atoms with E-state index in [1.54, 1.807) is 13.8 Å². The van der Waals surface area contributed by atoms with Crippen molar-refractivity contribution in [1.82, 2.24) is 5.32 Å². The fourth-order valence-electron chi connectivity index (χ4n) is 0.744. The van der Waals surface area contributed by atoms with E-state index in [0.717, 1.165) is 0 Å². The Balaban J connectivity index is 4.45. The van der Waals surface area contributed by atoms with Gasteiger partial charge >= 0.3 is 0 Å². The van der Waals surface area contributed by atoms with E-state index < -0.39 is 11.0 Å². The molecule has 1 amide bonds. The molecule has 0 aliphatic carbocycles. The molecule has 0 aliphatic rings. The minimum Gasteiger partial charge on any atom is -0.394 e. The zero-order valence-electron chi connectivity index (χ0n) is 9.35. The number of hydrogen-bond acceptors (Lipinski definition) is 2. The van der Waals surface area contributed by atoms with Gasteiger partial charge in [-0.3, -0.25) is 4.79 Å². The zero-order valence-corrected chi connectivity index (χ0v) is 10.1. The Hall–Kier alpha value is -0.280. The lowest BCUT2D eigenvalue weighted by molar-refractivity contribution is -0.130. The maximum Gasteiger partial charge on any atom is 0.227 e. The van der Waals surface area contributed by atoms with Crippen molar-refractivity contribution in [3.05, 3.63) is 0 Å². The van der Waals surface area contributed by atoms with E-state index in [1.165, 1.54) is 0 Å². The quantitative estimate of drug-likeness (QED) is 0.692. The van der Waals surface area contributed by atoms with Crippen LogP contribution in [0.3, 0.4) is 0 Å². The summed E-state index contributed by atoms with van der Waals surface area (Å²) in [6.07, 6.45) is 0.688. The highest BCUT2D eigenvalue weighted by Gasteiger charge is 2.32. The van der Waals surface area contributed by atoms with Crippen molar-refractivity contribution in [2.75, 3.05) is 12.5 Å². The number of halogens is 1. The summed E-state index contributed by atoms with van der Waals surface area (Å²) in [6, 6.07) is 0. The van der Waals surface area contributed by atoms with E-state index in [0.29, 0.717) is 6.42 Å². The molecular formula is C10H20ClNO2. The Morgan fingerprint density at radius 1 is 1.43 bits per heavy atom. The van der Waals surface area contributed by atoms with Crippen molar-refractivity contribution >= 4 is 17.5 Å². The van der Waals surface area contributed by atoms with Gasteiger partial charge < -0.3 is 10.4 Å². The minimum absolute atomic E-state index is 0.0619. The lowest BCUT2D eigenvalue weighted by Gasteiger charge is -2.31. The maximum atomic E-state index is 11.7. The van der Waals surface area contributed by atoms with E-state index in [9.17, 15) is 4.79 Å². The van der Waals surface area contributed by atoms with Gasteiger partial charge in [-0.1, -0.05) is 6.92 Å². The lowest BCUT2D eigenvalue weighted by Crippen LogP contribution is -2.53. The fourth-order valence-corrected chi connectivity index (χ4v) is 0.865. The van der Waals surface area contributed by atoms with Gasteiger partial charge in [0.25, 0.3) is 0 Å². The second-order valence-corrected chi connectivity index (χ2v) is 4.81. The number of carbonyl (C=O) groups excluding carboxylic acids is 1. The molecule has 4 heteroatoms. The van der Waals surface area contributed by atoms with E-state index in [-0.39, 0.29) is 18.4 Å². The Bertz CT molecular complexity index is 200. The number of nitrogens with one attached hydrogen (secondary N) is 1. The third-order valence-electron chi connectivity index (χ3n) is 2.49. The number of aliphatic hydroxyl groups is 1. The molecule has 0 aromatic rings. The van der Waals surface area contributed by atoms with Crippen molar-refractivity contribution in [3.8, 4) is 0 Å². The Morgan fingerprint density at radius 3 is 2.21 bits per heavy atom. The molecule has 0 spiro atoms. The van der Waals surface area contributed by atoms with Crippen LogP contribution in [0.5, 0.6) is 0 Å². The van der Waals surface area contributed by atoms with Gasteiger partial charge in [-0.15, -0.1) is 11.6 Å². The first-order valence-corrected chi connectivity index (χ1v) is 5.34. The van der Waals surface area contributed by atoms with Gasteiger partial charge in [-0.05, 0) is 27.2 Å². The van der Waals surface area contributed by atoms with Crippen LogP contribution in [-0.2, 0) is 4.79 Å². The normalized spacial score (nSPS) is 16.1. The highest BCUT2D eigenvalue weighted by Crippen LogP contribution is 2.19. The lowest BCUT2D eigenvalue weighted by atomic mass is 9.92. The molecule has 0 fully saturated rings. The summed E-state index contributed by atoms with van der Waals surface area (Å²) in [5.74, 6) is 0.148. The van der Waals surface area contributed by atoms with Gasteiger partial charge in [0.15, 0.2) is 0 Å². The predicted molar refractivity (Wildman–Crippen MR) is 58.4 cm³/mol. The van der Waals surface area contributed by atoms with Gasteiger partial charge in [0.2, 0.25) is 5.91 Å². The standard InChI is InChI=1S/C10H20ClNO2/c1-5-10(4,7-13)12-8(14)9(2,3)6-11/h13H,5-7H2,1-4H3,(H,12,14). The van der Waals surface area contributed by atoms with Crippen LogP contribution in [0, 0.1) is 5.41 Å². The number of rotatable bonds is 5. The van der Waals surface area contributed by atoms with E-state index in [4.69, 9.17) is 16.7 Å². The zero-order chi connectivity index (χ0) is 11.4. The first kappa shape index (κ1) is 13.7. The first-order chi connectivity index (χ1) is 6.31. The van der Waals surface area contributed by atoms with Crippen molar-refractivity contribution in [3.63, 3.8) is 0 Å². The van der Waals surface area contributed by atoms with Crippen molar-refractivity contribution < 1.29 is 9.90 Å². The van der Waals surface area contributed by atoms with Crippen molar-refractivity contribution in [2.24, 2.45) is 5.41 Å². The Morgan fingerprint density at radius 2 is 1.93 bits per heavy atom. The number of amides is 1. The van der Waals surface area contributed by atoms with Gasteiger partial charge in [-0.2, -0.15) is 0 Å². The summed E-state index contributed by atoms with van der Waals surface area (Å²) < 4.78 is 0. The summed E-state index contributed by atoms with van der Waals surface area (Å²) in [5, 5.41) is 11.9. The van der Waals surface area contributed by atoms with Crippen LogP contribution in [0.2, 0.25) is 0 Å². The fraction of sp³-hybridized carbons (Fsp3) is 0.900. The van der Waals surface area contributed by atoms with E-state index in [1.807, 2.05) is 13.8 Å². The Labute approximate surface area is 90.8 Å². The summed E-state index contributed by atoms with van der Waals surface area (Å²) in [7, 11) is 0. The van der Waals surface area contributed by atoms with E-state index in [2.05, 4.69) is 5.32 Å². The maximum absolute atomic E-state index is 11.7. The number of aliphatic hydroxyl groups excluding tert-OH is 1. The molecule has 0 saturated carbocycles. The third-order valence-corrected chi connectivity index (χ3v) is 3.16. The first-order valence-electron chi connectivity index (χ1n) is 4.81. The SMILES string of the molecule is CCC(C)(CO)NC(=O)C(C)(C)CCl. The summed E-state index contributed by atoms with van der Waals surface area (Å²) in [4.78, 5) is 11.7. The smallest absolute Gasteiger partial charge is 0.227 e. The minimum atomic E-state index is -0.590. The molecule has 1 atom stereocenters. The molecule has 0 aliphatic heterocycles. The van der Waals surface area contributed by atoms with Crippen LogP contribution < -0.4 is 5.32 Å². The average molecular weight is 222 g/mol. The van der Waals surface area contributed by atoms with Crippen LogP contribution in [0.1, 0.15) is 34.1 Å². The molecule has 0 saturated heterocycles.